The average molecular weight is 367 g/mol. The lowest BCUT2D eigenvalue weighted by atomic mass is 10.1. The van der Waals surface area contributed by atoms with Crippen LogP contribution in [0.2, 0.25) is 10.0 Å². The zero-order chi connectivity index (χ0) is 17.7. The van der Waals surface area contributed by atoms with Crippen LogP contribution in [-0.2, 0) is 0 Å². The van der Waals surface area contributed by atoms with Gasteiger partial charge in [0.05, 0.1) is 26.4 Å². The molecule has 0 unspecified atom stereocenters. The average Bonchev–Trinajstić information content (AvgIpc) is 2.61. The highest BCUT2D eigenvalue weighted by atomic mass is 35.5. The summed E-state index contributed by atoms with van der Waals surface area (Å²) in [6.07, 6.45) is 3.06. The first-order chi connectivity index (χ1) is 11.5. The van der Waals surface area contributed by atoms with Crippen LogP contribution in [0.15, 0.2) is 36.4 Å². The molecule has 0 aliphatic heterocycles. The van der Waals surface area contributed by atoms with Gasteiger partial charge in [-0.1, -0.05) is 23.2 Å². The molecule has 2 rings (SSSR count). The summed E-state index contributed by atoms with van der Waals surface area (Å²) in [5, 5.41) is 0.691. The summed E-state index contributed by atoms with van der Waals surface area (Å²) in [6.45, 7) is 0. The van der Waals surface area contributed by atoms with Crippen LogP contribution in [0, 0.1) is 0 Å². The Morgan fingerprint density at radius 3 is 2.29 bits per heavy atom. The number of hydrogen-bond donors (Lipinski definition) is 0. The van der Waals surface area contributed by atoms with Gasteiger partial charge in [0, 0.05) is 11.1 Å². The lowest BCUT2D eigenvalue weighted by Crippen LogP contribution is -1.97. The second kappa shape index (κ2) is 8.08. The maximum atomic E-state index is 12.4. The predicted molar refractivity (Wildman–Crippen MR) is 95.9 cm³/mol. The van der Waals surface area contributed by atoms with Gasteiger partial charge < -0.3 is 14.2 Å². The second-order valence-electron chi connectivity index (χ2n) is 4.75. The third kappa shape index (κ3) is 3.83. The molecule has 0 saturated carbocycles. The lowest BCUT2D eigenvalue weighted by Gasteiger charge is -2.09. The van der Waals surface area contributed by atoms with Gasteiger partial charge in [-0.2, -0.15) is 0 Å². The molecule has 24 heavy (non-hydrogen) atoms. The van der Waals surface area contributed by atoms with Gasteiger partial charge in [0.2, 0.25) is 0 Å². The maximum Gasteiger partial charge on any atom is 0.185 e. The van der Waals surface area contributed by atoms with Crippen LogP contribution in [0.25, 0.3) is 6.08 Å². The fraction of sp³-hybridized carbons (Fsp3) is 0.167. The SMILES string of the molecule is COc1ccc(C(=O)/C=C/c2ccc(Cl)c(Cl)c2OC)cc1OC. The highest BCUT2D eigenvalue weighted by Crippen LogP contribution is 2.35. The molecule has 0 bridgehead atoms. The number of allylic oxidation sites excluding steroid dienone is 1. The van der Waals surface area contributed by atoms with Gasteiger partial charge in [-0.05, 0) is 42.5 Å². The van der Waals surface area contributed by atoms with E-state index < -0.39 is 0 Å². The van der Waals surface area contributed by atoms with Crippen LogP contribution in [0.4, 0.5) is 0 Å². The van der Waals surface area contributed by atoms with Gasteiger partial charge in [0.15, 0.2) is 17.3 Å². The molecule has 2 aromatic rings. The van der Waals surface area contributed by atoms with Crippen molar-refractivity contribution in [3.8, 4) is 17.2 Å². The largest absolute Gasteiger partial charge is 0.495 e. The van der Waals surface area contributed by atoms with E-state index in [4.69, 9.17) is 37.4 Å². The van der Waals surface area contributed by atoms with Gasteiger partial charge in [-0.3, -0.25) is 4.79 Å². The van der Waals surface area contributed by atoms with E-state index in [1.807, 2.05) is 0 Å². The van der Waals surface area contributed by atoms with Crippen molar-refractivity contribution < 1.29 is 19.0 Å². The fourth-order valence-corrected chi connectivity index (χ4v) is 2.53. The Balaban J connectivity index is 2.30. The summed E-state index contributed by atoms with van der Waals surface area (Å²) >= 11 is 12.1. The molecule has 0 heterocycles. The Morgan fingerprint density at radius 2 is 1.67 bits per heavy atom. The van der Waals surface area contributed by atoms with Crippen molar-refractivity contribution >= 4 is 35.1 Å². The Kier molecular flexibility index (Phi) is 6.12. The van der Waals surface area contributed by atoms with Crippen molar-refractivity contribution in [3.63, 3.8) is 0 Å². The van der Waals surface area contributed by atoms with Crippen LogP contribution >= 0.6 is 23.2 Å². The first-order valence-electron chi connectivity index (χ1n) is 6.98. The first-order valence-corrected chi connectivity index (χ1v) is 7.73. The molecule has 6 heteroatoms. The number of carbonyl (C=O) groups excluding carboxylic acids is 1. The quantitative estimate of drug-likeness (QED) is 0.537. The third-order valence-electron chi connectivity index (χ3n) is 3.37. The van der Waals surface area contributed by atoms with E-state index in [1.165, 1.54) is 27.4 Å². The summed E-state index contributed by atoms with van der Waals surface area (Å²) in [5.74, 6) is 1.28. The minimum Gasteiger partial charge on any atom is -0.495 e. The van der Waals surface area contributed by atoms with Crippen molar-refractivity contribution in [3.05, 3.63) is 57.6 Å². The van der Waals surface area contributed by atoms with E-state index in [9.17, 15) is 4.79 Å². The summed E-state index contributed by atoms with van der Waals surface area (Å²) in [5.41, 5.74) is 1.13. The summed E-state index contributed by atoms with van der Waals surface area (Å²) < 4.78 is 15.6. The number of halogens is 2. The zero-order valence-corrected chi connectivity index (χ0v) is 14.9. The maximum absolute atomic E-state index is 12.4. The zero-order valence-electron chi connectivity index (χ0n) is 13.4. The predicted octanol–water partition coefficient (Wildman–Crippen LogP) is 4.92. The molecule has 0 aromatic heterocycles. The number of methoxy groups -OCH3 is 3. The Labute approximate surface area is 150 Å². The standard InChI is InChI=1S/C18H16Cl2O4/c1-22-15-9-6-12(10-16(15)23-2)14(21)8-5-11-4-7-13(19)17(20)18(11)24-3/h4-10H,1-3H3/b8-5+. The van der Waals surface area contributed by atoms with Crippen molar-refractivity contribution in [2.45, 2.75) is 0 Å². The van der Waals surface area contributed by atoms with Crippen LogP contribution in [-0.4, -0.2) is 27.1 Å². The third-order valence-corrected chi connectivity index (χ3v) is 4.15. The summed E-state index contributed by atoms with van der Waals surface area (Å²) in [4.78, 5) is 12.4. The lowest BCUT2D eigenvalue weighted by molar-refractivity contribution is 0.104. The normalized spacial score (nSPS) is 10.7. The number of hydrogen-bond acceptors (Lipinski definition) is 4. The first kappa shape index (κ1) is 18.2. The Hall–Kier alpha value is -2.17. The van der Waals surface area contributed by atoms with Crippen molar-refractivity contribution in [1.82, 2.24) is 0 Å². The molecule has 0 atom stereocenters. The summed E-state index contributed by atoms with van der Waals surface area (Å²) in [7, 11) is 4.55. The van der Waals surface area contributed by atoms with Crippen LogP contribution < -0.4 is 14.2 Å². The molecule has 2 aromatic carbocycles. The molecule has 0 fully saturated rings. The van der Waals surface area contributed by atoms with E-state index in [1.54, 1.807) is 36.4 Å². The molecule has 0 spiro atoms. The smallest absolute Gasteiger partial charge is 0.185 e. The van der Waals surface area contributed by atoms with E-state index in [2.05, 4.69) is 0 Å². The van der Waals surface area contributed by atoms with Gasteiger partial charge in [-0.25, -0.2) is 0 Å². The van der Waals surface area contributed by atoms with Crippen LogP contribution in [0.3, 0.4) is 0 Å². The van der Waals surface area contributed by atoms with E-state index in [0.29, 0.717) is 38.4 Å². The van der Waals surface area contributed by atoms with Crippen molar-refractivity contribution in [2.24, 2.45) is 0 Å². The number of ether oxygens (including phenoxy) is 3. The minimum absolute atomic E-state index is 0.191. The van der Waals surface area contributed by atoms with E-state index >= 15 is 0 Å². The van der Waals surface area contributed by atoms with Crippen LogP contribution in [0.1, 0.15) is 15.9 Å². The van der Waals surface area contributed by atoms with E-state index in [-0.39, 0.29) is 5.78 Å². The molecule has 4 nitrogen and oxygen atoms in total. The Morgan fingerprint density at radius 1 is 0.958 bits per heavy atom. The number of rotatable bonds is 6. The second-order valence-corrected chi connectivity index (χ2v) is 5.54. The number of benzene rings is 2. The molecule has 0 aliphatic carbocycles. The molecule has 0 aliphatic rings. The minimum atomic E-state index is -0.191. The molecule has 126 valence electrons. The number of carbonyl (C=O) groups is 1. The summed E-state index contributed by atoms with van der Waals surface area (Å²) in [6, 6.07) is 8.34. The monoisotopic (exact) mass is 366 g/mol. The van der Waals surface area contributed by atoms with Crippen LogP contribution in [0.5, 0.6) is 17.2 Å². The molecular formula is C18H16Cl2O4. The molecular weight excluding hydrogens is 351 g/mol. The topological polar surface area (TPSA) is 44.8 Å². The van der Waals surface area contributed by atoms with E-state index in [0.717, 1.165) is 0 Å². The van der Waals surface area contributed by atoms with Gasteiger partial charge >= 0.3 is 0 Å². The highest BCUT2D eigenvalue weighted by Gasteiger charge is 2.11. The Bertz CT molecular complexity index is 785. The van der Waals surface area contributed by atoms with Gasteiger partial charge in [-0.15, -0.1) is 0 Å². The fourth-order valence-electron chi connectivity index (χ4n) is 2.14. The molecule has 0 amide bonds. The van der Waals surface area contributed by atoms with Crippen molar-refractivity contribution in [1.29, 1.82) is 0 Å². The number of ketones is 1. The van der Waals surface area contributed by atoms with Gasteiger partial charge in [0.1, 0.15) is 10.8 Å². The van der Waals surface area contributed by atoms with Crippen molar-refractivity contribution in [2.75, 3.05) is 21.3 Å². The van der Waals surface area contributed by atoms with Gasteiger partial charge in [0.25, 0.3) is 0 Å². The molecule has 0 radical (unpaired) electrons. The molecule has 0 N–H and O–H groups in total. The molecule has 0 saturated heterocycles. The highest BCUT2D eigenvalue weighted by molar-refractivity contribution is 6.43.